The summed E-state index contributed by atoms with van der Waals surface area (Å²) in [6.45, 7) is 1.94. The average Bonchev–Trinajstić information content (AvgIpc) is 2.64. The summed E-state index contributed by atoms with van der Waals surface area (Å²) in [5.74, 6) is -1.61. The van der Waals surface area contributed by atoms with Crippen LogP contribution in [0.25, 0.3) is 10.9 Å². The number of aryl methyl sites for hydroxylation is 1. The molecule has 0 saturated heterocycles. The molecule has 1 fully saturated rings. The van der Waals surface area contributed by atoms with Gasteiger partial charge in [0.25, 0.3) is 0 Å². The molecule has 1 aliphatic carbocycles. The minimum atomic E-state index is -2.59. The van der Waals surface area contributed by atoms with Gasteiger partial charge in [0.15, 0.2) is 0 Å². The summed E-state index contributed by atoms with van der Waals surface area (Å²) in [6, 6.07) is 7.25. The minimum absolute atomic E-state index is 0.162. The molecule has 6 nitrogen and oxygen atoms in total. The fraction of sp³-hybridized carbons (Fsp3) is 0.350. The number of pyridine rings is 1. The molecule has 2 heterocycles. The van der Waals surface area contributed by atoms with Crippen molar-refractivity contribution in [1.82, 2.24) is 15.0 Å². The van der Waals surface area contributed by atoms with Crippen LogP contribution >= 0.6 is 0 Å². The van der Waals surface area contributed by atoms with Crippen LogP contribution in [-0.2, 0) is 0 Å². The van der Waals surface area contributed by atoms with Crippen molar-refractivity contribution in [2.24, 2.45) is 0 Å². The van der Waals surface area contributed by atoms with Gasteiger partial charge in [-0.15, -0.1) is 0 Å². The van der Waals surface area contributed by atoms with Crippen molar-refractivity contribution in [2.75, 3.05) is 11.1 Å². The lowest BCUT2D eigenvalue weighted by Crippen LogP contribution is -2.31. The molecule has 0 bridgehead atoms. The Balaban J connectivity index is 1.61. The Bertz CT molecular complexity index is 1000. The maximum Gasteiger partial charge on any atom is 0.248 e. The second kappa shape index (κ2) is 7.18. The molecule has 28 heavy (non-hydrogen) atoms. The number of nitrogens with zero attached hydrogens (tertiary/aromatic N) is 3. The van der Waals surface area contributed by atoms with Crippen LogP contribution in [-0.4, -0.2) is 27.0 Å². The van der Waals surface area contributed by atoms with E-state index in [0.717, 1.165) is 16.5 Å². The molecular weight excluding hydrogens is 364 g/mol. The number of rotatable bonds is 4. The first-order chi connectivity index (χ1) is 13.4. The van der Waals surface area contributed by atoms with Gasteiger partial charge in [0, 0.05) is 30.1 Å². The van der Waals surface area contributed by atoms with E-state index in [-0.39, 0.29) is 18.9 Å². The Labute approximate surface area is 161 Å². The molecule has 4 rings (SSSR count). The van der Waals surface area contributed by atoms with Gasteiger partial charge in [-0.25, -0.2) is 23.7 Å². The van der Waals surface area contributed by atoms with Crippen molar-refractivity contribution in [3.8, 4) is 5.88 Å². The maximum absolute atomic E-state index is 13.4. The van der Waals surface area contributed by atoms with Gasteiger partial charge in [-0.3, -0.25) is 0 Å². The van der Waals surface area contributed by atoms with E-state index >= 15 is 0 Å². The Morgan fingerprint density at radius 3 is 2.75 bits per heavy atom. The number of ether oxygens (including phenoxy) is 1. The molecular formula is C20H21F2N5O. The fourth-order valence-corrected chi connectivity index (χ4v) is 3.51. The molecule has 1 aromatic carbocycles. The molecule has 0 radical (unpaired) electrons. The second-order valence-electron chi connectivity index (χ2n) is 7.11. The number of nitrogens with two attached hydrogens (primary N) is 1. The summed E-state index contributed by atoms with van der Waals surface area (Å²) in [5, 5.41) is 4.10. The van der Waals surface area contributed by atoms with Crippen LogP contribution in [0.15, 0.2) is 36.8 Å². The number of hydrogen-bond donors (Lipinski definition) is 2. The third kappa shape index (κ3) is 3.81. The number of nitrogens with one attached hydrogen (secondary N) is 1. The number of aromatic nitrogens is 3. The van der Waals surface area contributed by atoms with Crippen molar-refractivity contribution < 1.29 is 13.5 Å². The van der Waals surface area contributed by atoms with Crippen molar-refractivity contribution in [3.63, 3.8) is 0 Å². The van der Waals surface area contributed by atoms with Gasteiger partial charge >= 0.3 is 0 Å². The van der Waals surface area contributed by atoms with Gasteiger partial charge in [0.05, 0.1) is 5.52 Å². The lowest BCUT2D eigenvalue weighted by molar-refractivity contribution is -0.0587. The SMILES string of the molecule is Cc1cc(N)cc2ncnc(Nc3cccnc3OC3CCC(F)(F)CC3)c12. The van der Waals surface area contributed by atoms with E-state index in [1.807, 2.05) is 19.1 Å². The van der Waals surface area contributed by atoms with Gasteiger partial charge in [-0.2, -0.15) is 0 Å². The predicted molar refractivity (Wildman–Crippen MR) is 104 cm³/mol. The van der Waals surface area contributed by atoms with E-state index in [4.69, 9.17) is 10.5 Å². The van der Waals surface area contributed by atoms with E-state index in [2.05, 4.69) is 20.3 Å². The van der Waals surface area contributed by atoms with Crippen molar-refractivity contribution >= 4 is 28.1 Å². The predicted octanol–water partition coefficient (Wildman–Crippen LogP) is 4.62. The van der Waals surface area contributed by atoms with Crippen LogP contribution in [0.4, 0.5) is 26.0 Å². The summed E-state index contributed by atoms with van der Waals surface area (Å²) in [5.41, 5.74) is 8.84. The number of fused-ring (bicyclic) bond motifs is 1. The van der Waals surface area contributed by atoms with Crippen molar-refractivity contribution in [2.45, 2.75) is 44.6 Å². The zero-order valence-electron chi connectivity index (χ0n) is 15.5. The molecule has 0 spiro atoms. The quantitative estimate of drug-likeness (QED) is 0.638. The smallest absolute Gasteiger partial charge is 0.248 e. The van der Waals surface area contributed by atoms with E-state index < -0.39 is 5.92 Å². The molecule has 1 aliphatic rings. The first kappa shape index (κ1) is 18.3. The molecule has 0 aliphatic heterocycles. The van der Waals surface area contributed by atoms with E-state index in [1.54, 1.807) is 18.3 Å². The molecule has 2 aromatic heterocycles. The molecule has 3 aromatic rings. The van der Waals surface area contributed by atoms with Crippen LogP contribution < -0.4 is 15.8 Å². The lowest BCUT2D eigenvalue weighted by atomic mass is 9.94. The normalized spacial score (nSPS) is 16.8. The molecule has 0 unspecified atom stereocenters. The highest BCUT2D eigenvalue weighted by molar-refractivity contribution is 5.95. The van der Waals surface area contributed by atoms with Gasteiger partial charge in [0.1, 0.15) is 23.9 Å². The van der Waals surface area contributed by atoms with Crippen molar-refractivity contribution in [3.05, 3.63) is 42.4 Å². The molecule has 0 amide bonds. The molecule has 1 saturated carbocycles. The third-order valence-corrected chi connectivity index (χ3v) is 4.92. The van der Waals surface area contributed by atoms with E-state index in [9.17, 15) is 8.78 Å². The van der Waals surface area contributed by atoms with Crippen molar-refractivity contribution in [1.29, 1.82) is 0 Å². The molecule has 8 heteroatoms. The summed E-state index contributed by atoms with van der Waals surface area (Å²) in [6.07, 6.45) is 3.08. The first-order valence-electron chi connectivity index (χ1n) is 9.19. The Morgan fingerprint density at radius 1 is 1.18 bits per heavy atom. The van der Waals surface area contributed by atoms with E-state index in [1.165, 1.54) is 6.33 Å². The van der Waals surface area contributed by atoms with Crippen LogP contribution in [0.5, 0.6) is 5.88 Å². The van der Waals surface area contributed by atoms with Crippen LogP contribution in [0.1, 0.15) is 31.2 Å². The Morgan fingerprint density at radius 2 is 1.96 bits per heavy atom. The van der Waals surface area contributed by atoms with E-state index in [0.29, 0.717) is 35.9 Å². The van der Waals surface area contributed by atoms with Gasteiger partial charge in [0.2, 0.25) is 11.8 Å². The Kier molecular flexibility index (Phi) is 4.70. The summed E-state index contributed by atoms with van der Waals surface area (Å²) in [7, 11) is 0. The number of alkyl halides is 2. The highest BCUT2D eigenvalue weighted by atomic mass is 19.3. The number of anilines is 3. The first-order valence-corrected chi connectivity index (χ1v) is 9.19. The summed E-state index contributed by atoms with van der Waals surface area (Å²) >= 11 is 0. The largest absolute Gasteiger partial charge is 0.473 e. The minimum Gasteiger partial charge on any atom is -0.473 e. The highest BCUT2D eigenvalue weighted by Crippen LogP contribution is 2.36. The third-order valence-electron chi connectivity index (χ3n) is 4.92. The van der Waals surface area contributed by atoms with Gasteiger partial charge < -0.3 is 15.8 Å². The number of nitrogen functional groups attached to an aromatic ring is 1. The highest BCUT2D eigenvalue weighted by Gasteiger charge is 2.36. The maximum atomic E-state index is 13.4. The summed E-state index contributed by atoms with van der Waals surface area (Å²) in [4.78, 5) is 12.9. The van der Waals surface area contributed by atoms with Gasteiger partial charge in [-0.05, 0) is 49.6 Å². The van der Waals surface area contributed by atoms with Crippen LogP contribution in [0.3, 0.4) is 0 Å². The van der Waals surface area contributed by atoms with Crippen LogP contribution in [0, 0.1) is 6.92 Å². The zero-order valence-corrected chi connectivity index (χ0v) is 15.5. The topological polar surface area (TPSA) is 86.0 Å². The lowest BCUT2D eigenvalue weighted by Gasteiger charge is -2.28. The molecule has 3 N–H and O–H groups in total. The zero-order chi connectivity index (χ0) is 19.7. The number of halogens is 2. The molecule has 0 atom stereocenters. The van der Waals surface area contributed by atoms with Crippen LogP contribution in [0.2, 0.25) is 0 Å². The fourth-order valence-electron chi connectivity index (χ4n) is 3.51. The average molecular weight is 385 g/mol. The second-order valence-corrected chi connectivity index (χ2v) is 7.11. The standard InChI is InChI=1S/C20H21F2N5O/c1-12-9-13(23)10-16-17(12)18(26-11-25-16)27-15-3-2-8-24-19(15)28-14-4-6-20(21,22)7-5-14/h2-3,8-11,14H,4-7,23H2,1H3,(H,25,26,27). The van der Waals surface area contributed by atoms with Gasteiger partial charge in [-0.1, -0.05) is 0 Å². The number of hydrogen-bond acceptors (Lipinski definition) is 6. The number of benzene rings is 1. The Hall–Kier alpha value is -3.03. The monoisotopic (exact) mass is 385 g/mol. The summed E-state index contributed by atoms with van der Waals surface area (Å²) < 4.78 is 32.7. The molecule has 146 valence electrons.